The van der Waals surface area contributed by atoms with Crippen molar-refractivity contribution in [2.45, 2.75) is 26.8 Å². The van der Waals surface area contributed by atoms with Crippen molar-refractivity contribution >= 4 is 23.3 Å². The van der Waals surface area contributed by atoms with Crippen molar-refractivity contribution in [2.75, 3.05) is 31.6 Å². The lowest BCUT2D eigenvalue weighted by atomic mass is 10.1. The first-order chi connectivity index (χ1) is 12.0. The first-order valence-electron chi connectivity index (χ1n) is 8.31. The van der Waals surface area contributed by atoms with E-state index in [4.69, 9.17) is 20.8 Å². The van der Waals surface area contributed by atoms with Gasteiger partial charge in [-0.3, -0.25) is 4.79 Å². The van der Waals surface area contributed by atoms with E-state index < -0.39 is 0 Å². The fourth-order valence-corrected chi connectivity index (χ4v) is 3.19. The van der Waals surface area contributed by atoms with E-state index in [2.05, 4.69) is 10.3 Å². The van der Waals surface area contributed by atoms with Gasteiger partial charge in [0, 0.05) is 24.8 Å². The number of furan rings is 1. The van der Waals surface area contributed by atoms with Gasteiger partial charge in [0.2, 0.25) is 0 Å². The molecule has 1 aliphatic rings. The van der Waals surface area contributed by atoms with Crippen molar-refractivity contribution in [1.82, 2.24) is 9.88 Å². The van der Waals surface area contributed by atoms with Crippen LogP contribution in [-0.4, -0.2) is 42.1 Å². The molecule has 3 rings (SSSR count). The van der Waals surface area contributed by atoms with Crippen LogP contribution in [0.5, 0.6) is 0 Å². The largest absolute Gasteiger partial charge is 0.466 e. The summed E-state index contributed by atoms with van der Waals surface area (Å²) in [4.78, 5) is 18.6. The van der Waals surface area contributed by atoms with Gasteiger partial charge < -0.3 is 19.4 Å². The van der Waals surface area contributed by atoms with E-state index in [1.807, 2.05) is 26.8 Å². The molecule has 1 saturated heterocycles. The Morgan fingerprint density at radius 1 is 1.32 bits per heavy atom. The van der Waals surface area contributed by atoms with Gasteiger partial charge in [0.15, 0.2) is 0 Å². The normalized spacial score (nSPS) is 15.9. The van der Waals surface area contributed by atoms with Gasteiger partial charge in [-0.05, 0) is 32.9 Å². The molecule has 1 fully saturated rings. The molecule has 0 radical (unpaired) electrons. The average molecular weight is 364 g/mol. The average Bonchev–Trinajstić information content (AvgIpc) is 2.95. The molecule has 2 aromatic heterocycles. The third kappa shape index (κ3) is 3.96. The number of carbonyl (C=O) groups excluding carboxylic acids is 1. The Kier molecular flexibility index (Phi) is 5.30. The molecule has 0 unspecified atom stereocenters. The maximum absolute atomic E-state index is 12.5. The van der Waals surface area contributed by atoms with Crippen LogP contribution in [0.15, 0.2) is 22.7 Å². The van der Waals surface area contributed by atoms with E-state index in [0.717, 1.165) is 17.1 Å². The summed E-state index contributed by atoms with van der Waals surface area (Å²) in [5.74, 6) is 2.21. The molecule has 0 aromatic carbocycles. The lowest BCUT2D eigenvalue weighted by Gasteiger charge is -2.27. The van der Waals surface area contributed by atoms with Crippen LogP contribution < -0.4 is 5.32 Å². The standard InChI is InChI=1S/C18H22ClN3O3/c1-11-8-15(13(3)25-11)12(2)21-17-16(19)9-14(10-20-17)18(23)22-4-6-24-7-5-22/h8-10,12H,4-7H2,1-3H3,(H,20,21)/t12-/m0/s1. The molecule has 1 N–H and O–H groups in total. The molecular formula is C18H22ClN3O3. The number of rotatable bonds is 4. The molecule has 7 heteroatoms. The minimum absolute atomic E-state index is 0.0109. The number of amides is 1. The summed E-state index contributed by atoms with van der Waals surface area (Å²) < 4.78 is 10.8. The molecule has 6 nitrogen and oxygen atoms in total. The summed E-state index contributed by atoms with van der Waals surface area (Å²) >= 11 is 6.35. The van der Waals surface area contributed by atoms with Crippen LogP contribution in [0.1, 0.15) is 40.4 Å². The smallest absolute Gasteiger partial charge is 0.255 e. The maximum Gasteiger partial charge on any atom is 0.255 e. The number of hydrogen-bond acceptors (Lipinski definition) is 5. The van der Waals surface area contributed by atoms with E-state index in [-0.39, 0.29) is 11.9 Å². The number of morpholine rings is 1. The molecular weight excluding hydrogens is 342 g/mol. The van der Waals surface area contributed by atoms with Crippen molar-refractivity contribution < 1.29 is 13.9 Å². The molecule has 0 bridgehead atoms. The Bertz CT molecular complexity index is 769. The number of aryl methyl sites for hydroxylation is 2. The minimum Gasteiger partial charge on any atom is -0.466 e. The van der Waals surface area contributed by atoms with E-state index in [1.54, 1.807) is 17.2 Å². The van der Waals surface area contributed by atoms with Crippen molar-refractivity contribution in [2.24, 2.45) is 0 Å². The highest BCUT2D eigenvalue weighted by Gasteiger charge is 2.20. The summed E-state index contributed by atoms with van der Waals surface area (Å²) in [5.41, 5.74) is 1.55. The number of ether oxygens (including phenoxy) is 1. The Balaban J connectivity index is 1.73. The maximum atomic E-state index is 12.5. The lowest BCUT2D eigenvalue weighted by Crippen LogP contribution is -2.40. The Morgan fingerprint density at radius 3 is 2.64 bits per heavy atom. The van der Waals surface area contributed by atoms with Gasteiger partial charge in [-0.2, -0.15) is 0 Å². The zero-order valence-electron chi connectivity index (χ0n) is 14.6. The fourth-order valence-electron chi connectivity index (χ4n) is 2.97. The fraction of sp³-hybridized carbons (Fsp3) is 0.444. The number of pyridine rings is 1. The number of anilines is 1. The SMILES string of the molecule is Cc1cc([C@H](C)Nc2ncc(C(=O)N3CCOCC3)cc2Cl)c(C)o1. The van der Waals surface area contributed by atoms with E-state index in [9.17, 15) is 4.79 Å². The zero-order chi connectivity index (χ0) is 18.0. The molecule has 0 aliphatic carbocycles. The molecule has 1 aliphatic heterocycles. The van der Waals surface area contributed by atoms with Crippen molar-refractivity contribution in [3.63, 3.8) is 0 Å². The van der Waals surface area contributed by atoms with E-state index >= 15 is 0 Å². The molecule has 3 heterocycles. The minimum atomic E-state index is -0.0707. The third-order valence-corrected chi connectivity index (χ3v) is 4.57. The van der Waals surface area contributed by atoms with Crippen LogP contribution in [-0.2, 0) is 4.74 Å². The monoisotopic (exact) mass is 363 g/mol. The summed E-state index contributed by atoms with van der Waals surface area (Å²) in [6.07, 6.45) is 1.56. The Morgan fingerprint density at radius 2 is 2.04 bits per heavy atom. The first-order valence-corrected chi connectivity index (χ1v) is 8.69. The molecule has 0 spiro atoms. The highest BCUT2D eigenvalue weighted by molar-refractivity contribution is 6.33. The van der Waals surface area contributed by atoms with Gasteiger partial charge >= 0.3 is 0 Å². The highest BCUT2D eigenvalue weighted by Crippen LogP contribution is 2.28. The molecule has 25 heavy (non-hydrogen) atoms. The van der Waals surface area contributed by atoms with Gasteiger partial charge in [-0.1, -0.05) is 11.6 Å². The Hall–Kier alpha value is -2.05. The molecule has 1 atom stereocenters. The second-order valence-corrected chi connectivity index (χ2v) is 6.60. The number of nitrogens with zero attached hydrogens (tertiary/aromatic N) is 2. The highest BCUT2D eigenvalue weighted by atomic mass is 35.5. The molecule has 134 valence electrons. The predicted molar refractivity (Wildman–Crippen MR) is 96.2 cm³/mol. The van der Waals surface area contributed by atoms with Crippen LogP contribution in [0.2, 0.25) is 5.02 Å². The quantitative estimate of drug-likeness (QED) is 0.899. The molecule has 1 amide bonds. The van der Waals surface area contributed by atoms with Crippen LogP contribution in [0.4, 0.5) is 5.82 Å². The first kappa shape index (κ1) is 17.8. The Labute approximate surface area is 152 Å². The van der Waals surface area contributed by atoms with E-state index in [1.165, 1.54) is 0 Å². The summed E-state index contributed by atoms with van der Waals surface area (Å²) in [6, 6.07) is 3.65. The van der Waals surface area contributed by atoms with Gasteiger partial charge in [0.05, 0.1) is 29.8 Å². The van der Waals surface area contributed by atoms with Crippen LogP contribution >= 0.6 is 11.6 Å². The third-order valence-electron chi connectivity index (χ3n) is 4.29. The van der Waals surface area contributed by atoms with Gasteiger partial charge in [-0.15, -0.1) is 0 Å². The van der Waals surface area contributed by atoms with Crippen molar-refractivity contribution in [1.29, 1.82) is 0 Å². The topological polar surface area (TPSA) is 67.6 Å². The molecule has 0 saturated carbocycles. The lowest BCUT2D eigenvalue weighted by molar-refractivity contribution is 0.0302. The van der Waals surface area contributed by atoms with Crippen molar-refractivity contribution in [3.05, 3.63) is 46.0 Å². The number of hydrogen-bond donors (Lipinski definition) is 1. The second kappa shape index (κ2) is 7.45. The number of nitrogens with one attached hydrogen (secondary N) is 1. The van der Waals surface area contributed by atoms with Crippen LogP contribution in [0.3, 0.4) is 0 Å². The summed E-state index contributed by atoms with van der Waals surface area (Å²) in [5, 5.41) is 3.70. The second-order valence-electron chi connectivity index (χ2n) is 6.19. The number of halogens is 1. The van der Waals surface area contributed by atoms with Gasteiger partial charge in [0.25, 0.3) is 5.91 Å². The summed E-state index contributed by atoms with van der Waals surface area (Å²) in [7, 11) is 0. The van der Waals surface area contributed by atoms with E-state index in [0.29, 0.717) is 42.7 Å². The van der Waals surface area contributed by atoms with Gasteiger partial charge in [0.1, 0.15) is 17.3 Å². The van der Waals surface area contributed by atoms with Gasteiger partial charge in [-0.25, -0.2) is 4.98 Å². The predicted octanol–water partition coefficient (Wildman–Crippen LogP) is 3.59. The number of aromatic nitrogens is 1. The zero-order valence-corrected chi connectivity index (χ0v) is 15.4. The van der Waals surface area contributed by atoms with Crippen molar-refractivity contribution in [3.8, 4) is 0 Å². The van der Waals surface area contributed by atoms with Crippen LogP contribution in [0, 0.1) is 13.8 Å². The molecule has 2 aromatic rings. The number of carbonyl (C=O) groups is 1. The van der Waals surface area contributed by atoms with Crippen LogP contribution in [0.25, 0.3) is 0 Å². The summed E-state index contributed by atoms with van der Waals surface area (Å²) in [6.45, 7) is 8.17.